The van der Waals surface area contributed by atoms with Crippen molar-refractivity contribution in [1.82, 2.24) is 0 Å². The first-order chi connectivity index (χ1) is 8.76. The van der Waals surface area contributed by atoms with E-state index in [0.717, 1.165) is 6.07 Å². The zero-order valence-electron chi connectivity index (χ0n) is 11.2. The van der Waals surface area contributed by atoms with Crippen molar-refractivity contribution < 1.29 is 23.5 Å². The maximum absolute atomic E-state index is 13.8. The van der Waals surface area contributed by atoms with Gasteiger partial charge in [-0.15, -0.1) is 0 Å². The zero-order valence-corrected chi connectivity index (χ0v) is 11.2. The highest BCUT2D eigenvalue weighted by Gasteiger charge is 2.20. The Balaban J connectivity index is 3.00. The molecule has 6 heteroatoms. The minimum absolute atomic E-state index is 0.0490. The molecule has 5 nitrogen and oxygen atoms in total. The van der Waals surface area contributed by atoms with Crippen molar-refractivity contribution >= 4 is 18.1 Å². The van der Waals surface area contributed by atoms with Gasteiger partial charge < -0.3 is 9.47 Å². The lowest BCUT2D eigenvalue weighted by Gasteiger charge is -2.20. The number of aldehydes is 1. The number of amides is 1. The van der Waals surface area contributed by atoms with E-state index in [9.17, 15) is 14.0 Å². The van der Waals surface area contributed by atoms with E-state index in [2.05, 4.69) is 5.32 Å². The number of methoxy groups -OCH3 is 1. The highest BCUT2D eigenvalue weighted by Crippen LogP contribution is 2.29. The topological polar surface area (TPSA) is 64.6 Å². The van der Waals surface area contributed by atoms with E-state index < -0.39 is 17.5 Å². The molecular formula is C13H16FNO4. The molecule has 1 amide bonds. The van der Waals surface area contributed by atoms with Gasteiger partial charge in [-0.05, 0) is 32.9 Å². The maximum atomic E-state index is 13.8. The number of anilines is 1. The molecule has 0 fully saturated rings. The number of benzene rings is 1. The lowest BCUT2D eigenvalue weighted by molar-refractivity contribution is 0.0634. The van der Waals surface area contributed by atoms with Gasteiger partial charge >= 0.3 is 6.09 Å². The van der Waals surface area contributed by atoms with E-state index in [1.807, 2.05) is 0 Å². The number of hydrogen-bond acceptors (Lipinski definition) is 4. The Bertz CT molecular complexity index is 494. The average Bonchev–Trinajstić information content (AvgIpc) is 2.29. The molecule has 0 radical (unpaired) electrons. The third kappa shape index (κ3) is 4.24. The molecule has 1 rings (SSSR count). The van der Waals surface area contributed by atoms with Crippen LogP contribution in [0.15, 0.2) is 12.1 Å². The minimum atomic E-state index is -0.802. The lowest BCUT2D eigenvalue weighted by atomic mass is 10.2. The fourth-order valence-electron chi connectivity index (χ4n) is 1.36. The Morgan fingerprint density at radius 1 is 1.37 bits per heavy atom. The average molecular weight is 269 g/mol. The molecule has 0 aliphatic carbocycles. The van der Waals surface area contributed by atoms with Crippen LogP contribution in [0.25, 0.3) is 0 Å². The normalized spacial score (nSPS) is 10.8. The number of rotatable bonds is 3. The Hall–Kier alpha value is -2.11. The number of hydrogen-bond donors (Lipinski definition) is 1. The van der Waals surface area contributed by atoms with Crippen LogP contribution in [0.3, 0.4) is 0 Å². The summed E-state index contributed by atoms with van der Waals surface area (Å²) in [4.78, 5) is 22.2. The van der Waals surface area contributed by atoms with Crippen LogP contribution in [0.5, 0.6) is 5.75 Å². The van der Waals surface area contributed by atoms with E-state index in [4.69, 9.17) is 9.47 Å². The van der Waals surface area contributed by atoms with Crippen LogP contribution >= 0.6 is 0 Å². The molecule has 19 heavy (non-hydrogen) atoms. The van der Waals surface area contributed by atoms with Gasteiger partial charge in [0.25, 0.3) is 0 Å². The van der Waals surface area contributed by atoms with Gasteiger partial charge in [-0.25, -0.2) is 9.18 Å². The van der Waals surface area contributed by atoms with E-state index in [1.54, 1.807) is 20.8 Å². The standard InChI is InChI=1S/C13H16FNO4/c1-13(2,3)19-12(17)15-11-9(14)5-8(7-16)6-10(11)18-4/h5-7H,1-4H3,(H,15,17). The number of ether oxygens (including phenoxy) is 2. The van der Waals surface area contributed by atoms with Gasteiger partial charge in [-0.2, -0.15) is 0 Å². The summed E-state index contributed by atoms with van der Waals surface area (Å²) in [5.74, 6) is -0.722. The van der Waals surface area contributed by atoms with Gasteiger partial charge in [0.2, 0.25) is 0 Å². The Labute approximate surface area is 110 Å². The van der Waals surface area contributed by atoms with Crippen LogP contribution in [0.4, 0.5) is 14.9 Å². The Morgan fingerprint density at radius 3 is 2.47 bits per heavy atom. The fourth-order valence-corrected chi connectivity index (χ4v) is 1.36. The van der Waals surface area contributed by atoms with Crippen LogP contribution in [0, 0.1) is 5.82 Å². The first-order valence-electron chi connectivity index (χ1n) is 5.59. The summed E-state index contributed by atoms with van der Waals surface area (Å²) in [6, 6.07) is 2.32. The number of carbonyl (C=O) groups is 2. The van der Waals surface area contributed by atoms with E-state index >= 15 is 0 Å². The van der Waals surface area contributed by atoms with Crippen molar-refractivity contribution in [1.29, 1.82) is 0 Å². The van der Waals surface area contributed by atoms with Gasteiger partial charge in [0.05, 0.1) is 7.11 Å². The predicted octanol–water partition coefficient (Wildman–Crippen LogP) is 2.99. The highest BCUT2D eigenvalue weighted by molar-refractivity contribution is 5.88. The SMILES string of the molecule is COc1cc(C=O)cc(F)c1NC(=O)OC(C)(C)C. The molecule has 0 spiro atoms. The Morgan fingerprint density at radius 2 is 2.00 bits per heavy atom. The largest absolute Gasteiger partial charge is 0.494 e. The van der Waals surface area contributed by atoms with E-state index in [0.29, 0.717) is 6.29 Å². The van der Waals surface area contributed by atoms with Crippen LogP contribution in [0.2, 0.25) is 0 Å². The predicted molar refractivity (Wildman–Crippen MR) is 68.2 cm³/mol. The van der Waals surface area contributed by atoms with Crippen molar-refractivity contribution in [3.63, 3.8) is 0 Å². The van der Waals surface area contributed by atoms with Gasteiger partial charge in [0.15, 0.2) is 5.82 Å². The van der Waals surface area contributed by atoms with Gasteiger partial charge in [-0.1, -0.05) is 0 Å². The molecule has 1 aromatic rings. The first kappa shape index (κ1) is 14.9. The third-order valence-electron chi connectivity index (χ3n) is 2.06. The zero-order chi connectivity index (χ0) is 14.6. The molecule has 0 saturated heterocycles. The molecule has 0 aliphatic heterocycles. The quantitative estimate of drug-likeness (QED) is 0.857. The van der Waals surface area contributed by atoms with Crippen LogP contribution in [0.1, 0.15) is 31.1 Å². The second kappa shape index (κ2) is 5.69. The highest BCUT2D eigenvalue weighted by atomic mass is 19.1. The monoisotopic (exact) mass is 269 g/mol. The van der Waals surface area contributed by atoms with Crippen LogP contribution in [-0.4, -0.2) is 25.1 Å². The second-order valence-electron chi connectivity index (χ2n) is 4.82. The van der Waals surface area contributed by atoms with Crippen molar-refractivity contribution in [2.75, 3.05) is 12.4 Å². The summed E-state index contributed by atoms with van der Waals surface area (Å²) in [6.45, 7) is 5.07. The summed E-state index contributed by atoms with van der Waals surface area (Å²) in [5, 5.41) is 2.26. The number of nitrogens with one attached hydrogen (secondary N) is 1. The molecule has 0 aromatic heterocycles. The van der Waals surface area contributed by atoms with Crippen molar-refractivity contribution in [3.8, 4) is 5.75 Å². The molecule has 0 bridgehead atoms. The molecule has 0 atom stereocenters. The number of halogens is 1. The van der Waals surface area contributed by atoms with Crippen LogP contribution < -0.4 is 10.1 Å². The molecule has 0 unspecified atom stereocenters. The molecule has 1 aromatic carbocycles. The van der Waals surface area contributed by atoms with Gasteiger partial charge in [-0.3, -0.25) is 10.1 Å². The summed E-state index contributed by atoms with van der Waals surface area (Å²) in [6.07, 6.45) is -0.313. The van der Waals surface area contributed by atoms with Crippen molar-refractivity contribution in [2.45, 2.75) is 26.4 Å². The fraction of sp³-hybridized carbons (Fsp3) is 0.385. The molecule has 1 N–H and O–H groups in total. The Kier molecular flexibility index (Phi) is 4.47. The molecule has 0 aliphatic rings. The van der Waals surface area contributed by atoms with Crippen molar-refractivity contribution in [2.24, 2.45) is 0 Å². The molecular weight excluding hydrogens is 253 g/mol. The van der Waals surface area contributed by atoms with E-state index in [-0.39, 0.29) is 17.0 Å². The summed E-state index contributed by atoms with van der Waals surface area (Å²) < 4.78 is 23.7. The molecule has 0 heterocycles. The maximum Gasteiger partial charge on any atom is 0.412 e. The third-order valence-corrected chi connectivity index (χ3v) is 2.06. The summed E-state index contributed by atoms with van der Waals surface area (Å²) >= 11 is 0. The van der Waals surface area contributed by atoms with Crippen molar-refractivity contribution in [3.05, 3.63) is 23.5 Å². The smallest absolute Gasteiger partial charge is 0.412 e. The van der Waals surface area contributed by atoms with Crippen LogP contribution in [-0.2, 0) is 4.74 Å². The van der Waals surface area contributed by atoms with Gasteiger partial charge in [0, 0.05) is 5.56 Å². The summed E-state index contributed by atoms with van der Waals surface area (Å²) in [5.41, 5.74) is -0.747. The summed E-state index contributed by atoms with van der Waals surface area (Å²) in [7, 11) is 1.31. The molecule has 0 saturated carbocycles. The lowest BCUT2D eigenvalue weighted by Crippen LogP contribution is -2.27. The van der Waals surface area contributed by atoms with E-state index in [1.165, 1.54) is 13.2 Å². The van der Waals surface area contributed by atoms with Gasteiger partial charge in [0.1, 0.15) is 23.3 Å². The second-order valence-corrected chi connectivity index (χ2v) is 4.82. The first-order valence-corrected chi connectivity index (χ1v) is 5.59. The number of carbonyl (C=O) groups excluding carboxylic acids is 2. The minimum Gasteiger partial charge on any atom is -0.494 e. The molecule has 104 valence electrons.